The SMILES string of the molecule is CCOCC(NC)c1cc(Cl)c(OC)c(OC)c1. The highest BCUT2D eigenvalue weighted by Gasteiger charge is 2.16. The van der Waals surface area contributed by atoms with Crippen molar-refractivity contribution >= 4 is 11.6 Å². The number of halogens is 1. The molecule has 0 saturated carbocycles. The lowest BCUT2D eigenvalue weighted by molar-refractivity contribution is 0.125. The van der Waals surface area contributed by atoms with Gasteiger partial charge in [-0.25, -0.2) is 0 Å². The summed E-state index contributed by atoms with van der Waals surface area (Å²) in [6.07, 6.45) is 0. The topological polar surface area (TPSA) is 39.7 Å². The predicted octanol–water partition coefficient (Wildman–Crippen LogP) is 2.65. The van der Waals surface area contributed by atoms with Gasteiger partial charge < -0.3 is 19.5 Å². The molecule has 0 amide bonds. The number of hydrogen-bond donors (Lipinski definition) is 1. The summed E-state index contributed by atoms with van der Waals surface area (Å²) in [7, 11) is 5.04. The van der Waals surface area contributed by atoms with Crippen LogP contribution < -0.4 is 14.8 Å². The summed E-state index contributed by atoms with van der Waals surface area (Å²) in [4.78, 5) is 0. The van der Waals surface area contributed by atoms with Crippen LogP contribution in [0, 0.1) is 0 Å². The Morgan fingerprint density at radius 1 is 1.28 bits per heavy atom. The van der Waals surface area contributed by atoms with E-state index >= 15 is 0 Å². The summed E-state index contributed by atoms with van der Waals surface area (Å²) < 4.78 is 15.9. The highest BCUT2D eigenvalue weighted by molar-refractivity contribution is 6.32. The molecule has 1 aromatic carbocycles. The van der Waals surface area contributed by atoms with E-state index in [1.165, 1.54) is 0 Å². The maximum absolute atomic E-state index is 6.17. The van der Waals surface area contributed by atoms with Gasteiger partial charge in [-0.05, 0) is 31.7 Å². The monoisotopic (exact) mass is 273 g/mol. The van der Waals surface area contributed by atoms with Crippen LogP contribution in [0.5, 0.6) is 11.5 Å². The van der Waals surface area contributed by atoms with Gasteiger partial charge in [0, 0.05) is 6.61 Å². The van der Waals surface area contributed by atoms with Gasteiger partial charge in [0.1, 0.15) is 0 Å². The summed E-state index contributed by atoms with van der Waals surface area (Å²) in [6, 6.07) is 3.84. The normalized spacial score (nSPS) is 12.3. The maximum Gasteiger partial charge on any atom is 0.179 e. The summed E-state index contributed by atoms with van der Waals surface area (Å²) >= 11 is 6.17. The van der Waals surface area contributed by atoms with Gasteiger partial charge in [-0.15, -0.1) is 0 Å². The number of ether oxygens (including phenoxy) is 3. The Labute approximate surface area is 113 Å². The summed E-state index contributed by atoms with van der Waals surface area (Å²) in [5.41, 5.74) is 1.01. The molecule has 1 rings (SSSR count). The van der Waals surface area contributed by atoms with Crippen LogP contribution in [0.2, 0.25) is 5.02 Å². The second-order valence-electron chi connectivity index (χ2n) is 3.74. The minimum atomic E-state index is 0.0715. The Bertz CT molecular complexity index is 385. The Morgan fingerprint density at radius 2 is 2.00 bits per heavy atom. The molecule has 0 aliphatic rings. The maximum atomic E-state index is 6.17. The fraction of sp³-hybridized carbons (Fsp3) is 0.538. The van der Waals surface area contributed by atoms with E-state index in [0.717, 1.165) is 5.56 Å². The first-order chi connectivity index (χ1) is 8.67. The first-order valence-corrected chi connectivity index (χ1v) is 6.22. The van der Waals surface area contributed by atoms with Crippen molar-refractivity contribution in [3.05, 3.63) is 22.7 Å². The molecule has 0 radical (unpaired) electrons. The molecule has 0 aliphatic heterocycles. The number of benzene rings is 1. The van der Waals surface area contributed by atoms with Crippen molar-refractivity contribution in [1.82, 2.24) is 5.32 Å². The van der Waals surface area contributed by atoms with E-state index in [4.69, 9.17) is 25.8 Å². The second-order valence-corrected chi connectivity index (χ2v) is 4.15. The highest BCUT2D eigenvalue weighted by atomic mass is 35.5. The summed E-state index contributed by atoms with van der Waals surface area (Å²) in [6.45, 7) is 3.23. The molecule has 1 N–H and O–H groups in total. The minimum Gasteiger partial charge on any atom is -0.493 e. The molecule has 102 valence electrons. The van der Waals surface area contributed by atoms with Gasteiger partial charge in [-0.1, -0.05) is 11.6 Å². The van der Waals surface area contributed by atoms with E-state index in [1.807, 2.05) is 26.1 Å². The third-order valence-electron chi connectivity index (χ3n) is 2.70. The molecule has 1 atom stereocenters. The summed E-state index contributed by atoms with van der Waals surface area (Å²) in [5, 5.41) is 3.72. The third-order valence-corrected chi connectivity index (χ3v) is 2.98. The van der Waals surface area contributed by atoms with Gasteiger partial charge in [0.25, 0.3) is 0 Å². The van der Waals surface area contributed by atoms with E-state index in [2.05, 4.69) is 5.32 Å². The smallest absolute Gasteiger partial charge is 0.179 e. The number of methoxy groups -OCH3 is 2. The fourth-order valence-electron chi connectivity index (χ4n) is 1.72. The van der Waals surface area contributed by atoms with Crippen molar-refractivity contribution in [3.8, 4) is 11.5 Å². The lowest BCUT2D eigenvalue weighted by atomic mass is 10.1. The average molecular weight is 274 g/mol. The van der Waals surface area contributed by atoms with Gasteiger partial charge in [0.15, 0.2) is 11.5 Å². The van der Waals surface area contributed by atoms with E-state index in [1.54, 1.807) is 14.2 Å². The Hall–Kier alpha value is -0.970. The molecule has 0 saturated heterocycles. The van der Waals surface area contributed by atoms with Gasteiger partial charge in [-0.3, -0.25) is 0 Å². The largest absolute Gasteiger partial charge is 0.493 e. The van der Waals surface area contributed by atoms with Crippen molar-refractivity contribution in [2.75, 3.05) is 34.5 Å². The number of hydrogen-bond acceptors (Lipinski definition) is 4. The van der Waals surface area contributed by atoms with Crippen LogP contribution in [0.1, 0.15) is 18.5 Å². The molecule has 1 unspecified atom stereocenters. The molecular formula is C13H20ClNO3. The molecule has 5 heteroatoms. The Balaban J connectivity index is 3.04. The zero-order valence-corrected chi connectivity index (χ0v) is 12.0. The lowest BCUT2D eigenvalue weighted by Crippen LogP contribution is -2.22. The Morgan fingerprint density at radius 3 is 2.50 bits per heavy atom. The van der Waals surface area contributed by atoms with Crippen LogP contribution in [0.3, 0.4) is 0 Å². The zero-order chi connectivity index (χ0) is 13.5. The fourth-order valence-corrected chi connectivity index (χ4v) is 2.02. The molecule has 0 spiro atoms. The van der Waals surface area contributed by atoms with Crippen molar-refractivity contribution in [2.45, 2.75) is 13.0 Å². The van der Waals surface area contributed by atoms with Crippen LogP contribution in [-0.4, -0.2) is 34.5 Å². The van der Waals surface area contributed by atoms with E-state index < -0.39 is 0 Å². The first kappa shape index (κ1) is 15.1. The first-order valence-electron chi connectivity index (χ1n) is 5.84. The van der Waals surface area contributed by atoms with E-state index in [0.29, 0.717) is 29.7 Å². The van der Waals surface area contributed by atoms with Crippen molar-refractivity contribution in [3.63, 3.8) is 0 Å². The van der Waals surface area contributed by atoms with Crippen LogP contribution in [0.15, 0.2) is 12.1 Å². The quantitative estimate of drug-likeness (QED) is 0.829. The number of likely N-dealkylation sites (N-methyl/N-ethyl adjacent to an activating group) is 1. The Kier molecular flexibility index (Phi) is 6.25. The van der Waals surface area contributed by atoms with Crippen molar-refractivity contribution in [2.24, 2.45) is 0 Å². The molecular weight excluding hydrogens is 254 g/mol. The third kappa shape index (κ3) is 3.51. The van der Waals surface area contributed by atoms with E-state index in [9.17, 15) is 0 Å². The van der Waals surface area contributed by atoms with Gasteiger partial charge in [0.05, 0.1) is 31.9 Å². The lowest BCUT2D eigenvalue weighted by Gasteiger charge is -2.19. The molecule has 0 heterocycles. The standard InChI is InChI=1S/C13H20ClNO3/c1-5-18-8-11(15-2)9-6-10(14)13(17-4)12(7-9)16-3/h6-7,11,15H,5,8H2,1-4H3. The molecule has 0 fully saturated rings. The zero-order valence-electron chi connectivity index (χ0n) is 11.2. The van der Waals surface area contributed by atoms with Crippen molar-refractivity contribution in [1.29, 1.82) is 0 Å². The van der Waals surface area contributed by atoms with Crippen LogP contribution >= 0.6 is 11.6 Å². The van der Waals surface area contributed by atoms with Gasteiger partial charge in [-0.2, -0.15) is 0 Å². The molecule has 1 aromatic rings. The van der Waals surface area contributed by atoms with Crippen LogP contribution in [0.4, 0.5) is 0 Å². The van der Waals surface area contributed by atoms with Crippen molar-refractivity contribution < 1.29 is 14.2 Å². The summed E-state index contributed by atoms with van der Waals surface area (Å²) in [5.74, 6) is 1.17. The molecule has 18 heavy (non-hydrogen) atoms. The van der Waals surface area contributed by atoms with Gasteiger partial charge in [0.2, 0.25) is 0 Å². The molecule has 0 aliphatic carbocycles. The number of rotatable bonds is 7. The average Bonchev–Trinajstić information content (AvgIpc) is 2.38. The van der Waals surface area contributed by atoms with Gasteiger partial charge >= 0.3 is 0 Å². The molecule has 4 nitrogen and oxygen atoms in total. The highest BCUT2D eigenvalue weighted by Crippen LogP contribution is 2.37. The number of nitrogens with one attached hydrogen (secondary N) is 1. The van der Waals surface area contributed by atoms with Crippen LogP contribution in [-0.2, 0) is 4.74 Å². The molecule has 0 aromatic heterocycles. The van der Waals surface area contributed by atoms with Crippen LogP contribution in [0.25, 0.3) is 0 Å². The predicted molar refractivity (Wildman–Crippen MR) is 72.8 cm³/mol. The minimum absolute atomic E-state index is 0.0715. The molecule has 0 bridgehead atoms. The van der Waals surface area contributed by atoms with E-state index in [-0.39, 0.29) is 6.04 Å². The second kappa shape index (κ2) is 7.46.